The van der Waals surface area contributed by atoms with Crippen LogP contribution in [0.4, 0.5) is 0 Å². The van der Waals surface area contributed by atoms with Crippen molar-refractivity contribution in [2.45, 2.75) is 60.4 Å². The van der Waals surface area contributed by atoms with Gasteiger partial charge in [-0.15, -0.1) is 0 Å². The zero-order valence-corrected chi connectivity index (χ0v) is 13.3. The summed E-state index contributed by atoms with van der Waals surface area (Å²) in [4.78, 5) is 11.8. The van der Waals surface area contributed by atoms with Gasteiger partial charge in [0, 0.05) is 5.54 Å². The summed E-state index contributed by atoms with van der Waals surface area (Å²) in [7, 11) is 0. The molecule has 1 amide bonds. The van der Waals surface area contributed by atoms with Gasteiger partial charge in [-0.3, -0.25) is 4.79 Å². The van der Waals surface area contributed by atoms with Gasteiger partial charge in [-0.25, -0.2) is 0 Å². The van der Waals surface area contributed by atoms with E-state index in [4.69, 9.17) is 0 Å². The van der Waals surface area contributed by atoms with Crippen LogP contribution in [-0.2, 0) is 4.79 Å². The van der Waals surface area contributed by atoms with Crippen LogP contribution >= 0.6 is 0 Å². The first-order valence-electron chi connectivity index (χ1n) is 7.21. The number of hydrogen-bond donors (Lipinski definition) is 2. The van der Waals surface area contributed by atoms with Gasteiger partial charge in [-0.2, -0.15) is 0 Å². The van der Waals surface area contributed by atoms with E-state index in [0.29, 0.717) is 24.3 Å². The molecular formula is C15H32N2O. The molecule has 108 valence electrons. The molecular weight excluding hydrogens is 224 g/mol. The van der Waals surface area contributed by atoms with Gasteiger partial charge >= 0.3 is 0 Å². The molecule has 0 heterocycles. The highest BCUT2D eigenvalue weighted by Gasteiger charge is 2.19. The van der Waals surface area contributed by atoms with Gasteiger partial charge in [-0.1, -0.05) is 34.6 Å². The van der Waals surface area contributed by atoms with Gasteiger partial charge in [-0.05, 0) is 44.6 Å². The molecule has 0 aliphatic rings. The zero-order chi connectivity index (χ0) is 14.3. The van der Waals surface area contributed by atoms with Crippen molar-refractivity contribution in [3.63, 3.8) is 0 Å². The smallest absolute Gasteiger partial charge is 0.234 e. The first kappa shape index (κ1) is 17.4. The van der Waals surface area contributed by atoms with Crippen molar-refractivity contribution in [2.75, 3.05) is 13.1 Å². The number of rotatable bonds is 8. The highest BCUT2D eigenvalue weighted by molar-refractivity contribution is 5.78. The monoisotopic (exact) mass is 256 g/mol. The summed E-state index contributed by atoms with van der Waals surface area (Å²) in [5.74, 6) is 2.00. The Morgan fingerprint density at radius 2 is 1.61 bits per heavy atom. The van der Waals surface area contributed by atoms with Crippen molar-refractivity contribution in [1.82, 2.24) is 10.6 Å². The lowest BCUT2D eigenvalue weighted by atomic mass is 9.85. The Morgan fingerprint density at radius 3 is 2.00 bits per heavy atom. The maximum atomic E-state index is 11.8. The average Bonchev–Trinajstić information content (AvgIpc) is 2.22. The van der Waals surface area contributed by atoms with E-state index >= 15 is 0 Å². The summed E-state index contributed by atoms with van der Waals surface area (Å²) in [6.07, 6.45) is 0.944. The minimum Gasteiger partial charge on any atom is -0.350 e. The minimum atomic E-state index is -0.103. The first-order valence-corrected chi connectivity index (χ1v) is 7.21. The van der Waals surface area contributed by atoms with Crippen LogP contribution in [-0.4, -0.2) is 24.5 Å². The van der Waals surface area contributed by atoms with E-state index in [2.05, 4.69) is 59.1 Å². The van der Waals surface area contributed by atoms with Crippen molar-refractivity contribution in [3.05, 3.63) is 0 Å². The molecule has 0 aromatic heterocycles. The lowest BCUT2D eigenvalue weighted by Crippen LogP contribution is -2.47. The first-order chi connectivity index (χ1) is 8.19. The lowest BCUT2D eigenvalue weighted by Gasteiger charge is -2.27. The van der Waals surface area contributed by atoms with Crippen LogP contribution in [0.2, 0.25) is 0 Å². The van der Waals surface area contributed by atoms with Crippen LogP contribution in [0.5, 0.6) is 0 Å². The van der Waals surface area contributed by atoms with Crippen molar-refractivity contribution in [1.29, 1.82) is 0 Å². The van der Waals surface area contributed by atoms with Gasteiger partial charge in [0.1, 0.15) is 0 Å². The van der Waals surface area contributed by atoms with Gasteiger partial charge < -0.3 is 10.6 Å². The van der Waals surface area contributed by atoms with Crippen molar-refractivity contribution in [3.8, 4) is 0 Å². The van der Waals surface area contributed by atoms with Gasteiger partial charge in [0.25, 0.3) is 0 Å². The fraction of sp³-hybridized carbons (Fsp3) is 0.933. The van der Waals surface area contributed by atoms with Crippen molar-refractivity contribution in [2.24, 2.45) is 17.8 Å². The standard InChI is InChI=1S/C15H32N2O/c1-8-15(6,7)17-14(18)10-16-9-13(11(2)3)12(4)5/h11-13,16H,8-10H2,1-7H3,(H,17,18). The molecule has 0 unspecified atom stereocenters. The van der Waals surface area contributed by atoms with E-state index in [1.165, 1.54) is 0 Å². The topological polar surface area (TPSA) is 41.1 Å². The second-order valence-electron chi connectivity index (χ2n) is 6.57. The number of carbonyl (C=O) groups is 1. The molecule has 0 fully saturated rings. The predicted molar refractivity (Wildman–Crippen MR) is 78.5 cm³/mol. The minimum absolute atomic E-state index is 0.0908. The maximum absolute atomic E-state index is 11.8. The lowest BCUT2D eigenvalue weighted by molar-refractivity contribution is -0.121. The quantitative estimate of drug-likeness (QED) is 0.701. The molecule has 0 saturated carbocycles. The Bertz CT molecular complexity index is 239. The zero-order valence-electron chi connectivity index (χ0n) is 13.3. The number of nitrogens with one attached hydrogen (secondary N) is 2. The second-order valence-corrected chi connectivity index (χ2v) is 6.57. The van der Waals surface area contributed by atoms with Crippen molar-refractivity contribution < 1.29 is 4.79 Å². The van der Waals surface area contributed by atoms with E-state index in [0.717, 1.165) is 13.0 Å². The van der Waals surface area contributed by atoms with Crippen LogP contribution in [0.3, 0.4) is 0 Å². The van der Waals surface area contributed by atoms with E-state index < -0.39 is 0 Å². The third kappa shape index (κ3) is 7.00. The van der Waals surface area contributed by atoms with E-state index in [1.54, 1.807) is 0 Å². The van der Waals surface area contributed by atoms with E-state index in [-0.39, 0.29) is 11.4 Å². The van der Waals surface area contributed by atoms with Crippen LogP contribution in [0.25, 0.3) is 0 Å². The molecule has 0 bridgehead atoms. The third-order valence-corrected chi connectivity index (χ3v) is 3.74. The summed E-state index contributed by atoms with van der Waals surface area (Å²) >= 11 is 0. The average molecular weight is 256 g/mol. The van der Waals surface area contributed by atoms with Gasteiger partial charge in [0.15, 0.2) is 0 Å². The van der Waals surface area contributed by atoms with Crippen LogP contribution in [0.15, 0.2) is 0 Å². The molecule has 18 heavy (non-hydrogen) atoms. The maximum Gasteiger partial charge on any atom is 0.234 e. The summed E-state index contributed by atoms with van der Waals surface area (Å²) in [5, 5.41) is 6.32. The third-order valence-electron chi connectivity index (χ3n) is 3.74. The van der Waals surface area contributed by atoms with Crippen molar-refractivity contribution >= 4 is 5.91 Å². The summed E-state index contributed by atoms with van der Waals surface area (Å²) < 4.78 is 0. The van der Waals surface area contributed by atoms with Gasteiger partial charge in [0.2, 0.25) is 5.91 Å². The molecule has 0 saturated heterocycles. The second kappa shape index (κ2) is 7.78. The molecule has 2 N–H and O–H groups in total. The Balaban J connectivity index is 4.00. The molecule has 0 aliphatic heterocycles. The highest BCUT2D eigenvalue weighted by Crippen LogP contribution is 2.19. The Kier molecular flexibility index (Phi) is 7.53. The van der Waals surface area contributed by atoms with Crippen LogP contribution in [0.1, 0.15) is 54.9 Å². The largest absolute Gasteiger partial charge is 0.350 e. The Morgan fingerprint density at radius 1 is 1.11 bits per heavy atom. The summed E-state index contributed by atoms with van der Waals surface area (Å²) in [6, 6.07) is 0. The summed E-state index contributed by atoms with van der Waals surface area (Å²) in [6.45, 7) is 16.5. The van der Waals surface area contributed by atoms with E-state index in [1.807, 2.05) is 0 Å². The highest BCUT2D eigenvalue weighted by atomic mass is 16.2. The molecule has 0 rings (SSSR count). The fourth-order valence-electron chi connectivity index (χ4n) is 2.10. The van der Waals surface area contributed by atoms with E-state index in [9.17, 15) is 4.79 Å². The number of hydrogen-bond acceptors (Lipinski definition) is 2. The molecule has 0 atom stereocenters. The summed E-state index contributed by atoms with van der Waals surface area (Å²) in [5.41, 5.74) is -0.103. The van der Waals surface area contributed by atoms with Crippen LogP contribution < -0.4 is 10.6 Å². The SMILES string of the molecule is CCC(C)(C)NC(=O)CNCC(C(C)C)C(C)C. The Hall–Kier alpha value is -0.570. The van der Waals surface area contributed by atoms with Gasteiger partial charge in [0.05, 0.1) is 6.54 Å². The molecule has 0 aliphatic carbocycles. The molecule has 3 nitrogen and oxygen atoms in total. The Labute approximate surface area is 113 Å². The number of carbonyl (C=O) groups excluding carboxylic acids is 1. The predicted octanol–water partition coefficient (Wildman–Crippen LogP) is 2.81. The molecule has 0 aromatic carbocycles. The normalized spacial score (nSPS) is 12.6. The van der Waals surface area contributed by atoms with Crippen LogP contribution in [0, 0.1) is 17.8 Å². The molecule has 0 spiro atoms. The molecule has 0 aromatic rings. The molecule has 0 radical (unpaired) electrons. The molecule has 3 heteroatoms. The number of amides is 1. The fourth-order valence-corrected chi connectivity index (χ4v) is 2.10.